The van der Waals surface area contributed by atoms with Crippen molar-refractivity contribution >= 4 is 39.6 Å². The van der Waals surface area contributed by atoms with Crippen LogP contribution in [0.25, 0.3) is 11.4 Å². The predicted molar refractivity (Wildman–Crippen MR) is 101 cm³/mol. The summed E-state index contributed by atoms with van der Waals surface area (Å²) < 4.78 is 6.15. The lowest BCUT2D eigenvalue weighted by atomic mass is 10.2. The van der Waals surface area contributed by atoms with Gasteiger partial charge in [-0.25, -0.2) is 0 Å². The van der Waals surface area contributed by atoms with Gasteiger partial charge in [0.2, 0.25) is 16.8 Å². The molecule has 0 spiro atoms. The second-order valence-electron chi connectivity index (χ2n) is 5.02. The van der Waals surface area contributed by atoms with Gasteiger partial charge in [-0.3, -0.25) is 0 Å². The largest absolute Gasteiger partial charge is 0.356 e. The predicted octanol–water partition coefficient (Wildman–Crippen LogP) is 4.55. The first-order valence-corrected chi connectivity index (χ1v) is 10.2. The molecule has 3 heterocycles. The molecule has 0 saturated carbocycles. The third kappa shape index (κ3) is 4.25. The first-order chi connectivity index (χ1) is 12.4. The van der Waals surface area contributed by atoms with Crippen molar-refractivity contribution < 1.29 is 4.52 Å². The van der Waals surface area contributed by atoms with Gasteiger partial charge in [-0.15, -0.1) is 10.2 Å². The van der Waals surface area contributed by atoms with Crippen molar-refractivity contribution in [2.75, 3.05) is 5.32 Å². The summed E-state index contributed by atoms with van der Waals surface area (Å²) in [5, 5.41) is 20.4. The molecular weight excluding hydrogens is 374 g/mol. The molecule has 25 heavy (non-hydrogen) atoms. The van der Waals surface area contributed by atoms with E-state index in [1.165, 1.54) is 28.7 Å². The van der Waals surface area contributed by atoms with Crippen LogP contribution in [0.4, 0.5) is 5.13 Å². The van der Waals surface area contributed by atoms with Crippen LogP contribution in [0.2, 0.25) is 0 Å². The van der Waals surface area contributed by atoms with E-state index in [0.29, 0.717) is 17.5 Å². The van der Waals surface area contributed by atoms with Gasteiger partial charge in [0.05, 0.1) is 5.75 Å². The summed E-state index contributed by atoms with van der Waals surface area (Å²) in [6, 6.07) is 12.2. The van der Waals surface area contributed by atoms with E-state index in [9.17, 15) is 0 Å². The molecule has 1 aromatic carbocycles. The molecule has 0 amide bonds. The summed E-state index contributed by atoms with van der Waals surface area (Å²) in [6.45, 7) is 0.730. The molecule has 9 heteroatoms. The van der Waals surface area contributed by atoms with Gasteiger partial charge < -0.3 is 9.84 Å². The lowest BCUT2D eigenvalue weighted by Gasteiger charge is -2.00. The number of nitrogens with zero attached hydrogens (tertiary/aromatic N) is 4. The van der Waals surface area contributed by atoms with Crippen LogP contribution in [-0.4, -0.2) is 20.3 Å². The van der Waals surface area contributed by atoms with Crippen LogP contribution in [0.1, 0.15) is 11.5 Å². The topological polar surface area (TPSA) is 76.7 Å². The highest BCUT2D eigenvalue weighted by atomic mass is 32.2. The third-order valence-electron chi connectivity index (χ3n) is 3.26. The minimum absolute atomic E-state index is 0.574. The van der Waals surface area contributed by atoms with Crippen LogP contribution in [0.15, 0.2) is 56.0 Å². The van der Waals surface area contributed by atoms with Crippen molar-refractivity contribution in [3.8, 4) is 11.4 Å². The van der Waals surface area contributed by atoms with E-state index in [0.717, 1.165) is 21.6 Å². The van der Waals surface area contributed by atoms with Crippen LogP contribution in [0.5, 0.6) is 0 Å². The fourth-order valence-corrected chi connectivity index (χ4v) is 4.28. The lowest BCUT2D eigenvalue weighted by Crippen LogP contribution is -1.98. The number of benzene rings is 1. The van der Waals surface area contributed by atoms with Gasteiger partial charge in [0.25, 0.3) is 0 Å². The zero-order chi connectivity index (χ0) is 16.9. The van der Waals surface area contributed by atoms with Crippen LogP contribution in [-0.2, 0) is 12.3 Å². The second-order valence-corrected chi connectivity index (χ2v) is 8.00. The number of rotatable bonds is 7. The first kappa shape index (κ1) is 16.2. The molecule has 0 fully saturated rings. The van der Waals surface area contributed by atoms with Crippen molar-refractivity contribution in [1.82, 2.24) is 20.3 Å². The molecule has 0 bridgehead atoms. The molecule has 1 N–H and O–H groups in total. The minimum Gasteiger partial charge on any atom is -0.356 e. The zero-order valence-electron chi connectivity index (χ0n) is 13.0. The van der Waals surface area contributed by atoms with Gasteiger partial charge in [0, 0.05) is 17.5 Å². The molecule has 4 aromatic rings. The number of thiophene rings is 1. The molecule has 4 rings (SSSR count). The van der Waals surface area contributed by atoms with E-state index in [1.807, 2.05) is 35.0 Å². The summed E-state index contributed by atoms with van der Waals surface area (Å²) in [7, 11) is 0. The van der Waals surface area contributed by atoms with Gasteiger partial charge >= 0.3 is 0 Å². The molecule has 0 aliphatic rings. The Bertz CT molecular complexity index is 920. The van der Waals surface area contributed by atoms with Crippen LogP contribution < -0.4 is 5.32 Å². The summed E-state index contributed by atoms with van der Waals surface area (Å²) in [6.07, 6.45) is 0. The number of aromatic nitrogens is 4. The molecule has 0 saturated heterocycles. The summed E-state index contributed by atoms with van der Waals surface area (Å²) in [4.78, 5) is 4.40. The Hall–Kier alpha value is -2.23. The number of thioether (sulfide) groups is 1. The van der Waals surface area contributed by atoms with Gasteiger partial charge in [-0.05, 0) is 17.0 Å². The van der Waals surface area contributed by atoms with E-state index in [-0.39, 0.29) is 0 Å². The smallest absolute Gasteiger partial charge is 0.237 e. The maximum Gasteiger partial charge on any atom is 0.237 e. The molecule has 0 atom stereocenters. The average molecular weight is 388 g/mol. The SMILES string of the molecule is c1ccc(CNc2nnc(SCc3nc(-c4ccsc4)no3)s2)cc1. The highest BCUT2D eigenvalue weighted by Gasteiger charge is 2.11. The van der Waals surface area contributed by atoms with E-state index in [4.69, 9.17) is 4.52 Å². The molecule has 0 aliphatic carbocycles. The van der Waals surface area contributed by atoms with Crippen molar-refractivity contribution in [2.24, 2.45) is 0 Å². The Morgan fingerprint density at radius 2 is 2.04 bits per heavy atom. The molecule has 6 nitrogen and oxygen atoms in total. The number of hydrogen-bond donors (Lipinski definition) is 1. The van der Waals surface area contributed by atoms with Crippen molar-refractivity contribution in [3.63, 3.8) is 0 Å². The Morgan fingerprint density at radius 3 is 2.88 bits per heavy atom. The molecule has 0 aliphatic heterocycles. The van der Waals surface area contributed by atoms with Crippen molar-refractivity contribution in [3.05, 3.63) is 58.6 Å². The first-order valence-electron chi connectivity index (χ1n) is 7.46. The zero-order valence-corrected chi connectivity index (χ0v) is 15.4. The maximum atomic E-state index is 5.29. The summed E-state index contributed by atoms with van der Waals surface area (Å²) in [5.74, 6) is 1.78. The van der Waals surface area contributed by atoms with E-state index in [1.54, 1.807) is 11.3 Å². The van der Waals surface area contributed by atoms with Gasteiger partial charge in [-0.2, -0.15) is 16.3 Å². The van der Waals surface area contributed by atoms with Crippen molar-refractivity contribution in [2.45, 2.75) is 16.6 Å². The van der Waals surface area contributed by atoms with Gasteiger partial charge in [0.15, 0.2) is 4.34 Å². The van der Waals surface area contributed by atoms with Crippen LogP contribution >= 0.6 is 34.4 Å². The normalized spacial score (nSPS) is 10.9. The third-order valence-corrected chi connectivity index (χ3v) is 5.94. The molecule has 0 radical (unpaired) electrons. The van der Waals surface area contributed by atoms with Crippen molar-refractivity contribution in [1.29, 1.82) is 0 Å². The van der Waals surface area contributed by atoms with E-state index >= 15 is 0 Å². The second kappa shape index (κ2) is 7.77. The Labute approximate surface area is 156 Å². The quantitative estimate of drug-likeness (QED) is 0.466. The van der Waals surface area contributed by atoms with E-state index in [2.05, 4.69) is 37.8 Å². The van der Waals surface area contributed by atoms with Crippen LogP contribution in [0, 0.1) is 0 Å². The number of hydrogen-bond acceptors (Lipinski definition) is 9. The Kier molecular flexibility index (Phi) is 5.05. The monoisotopic (exact) mass is 387 g/mol. The Balaban J connectivity index is 1.31. The highest BCUT2D eigenvalue weighted by molar-refractivity contribution is 8.00. The van der Waals surface area contributed by atoms with E-state index < -0.39 is 0 Å². The fourth-order valence-electron chi connectivity index (χ4n) is 2.06. The maximum absolute atomic E-state index is 5.29. The molecule has 0 unspecified atom stereocenters. The Morgan fingerprint density at radius 1 is 1.12 bits per heavy atom. The van der Waals surface area contributed by atoms with Gasteiger partial charge in [-0.1, -0.05) is 58.6 Å². The summed E-state index contributed by atoms with van der Waals surface area (Å²) in [5.41, 5.74) is 2.19. The van der Waals surface area contributed by atoms with Gasteiger partial charge in [0.1, 0.15) is 0 Å². The summed E-state index contributed by atoms with van der Waals surface area (Å²) >= 11 is 4.66. The standard InChI is InChI=1S/C16H13N5OS3/c1-2-4-11(5-3-1)8-17-15-19-20-16(25-15)24-10-13-18-14(21-22-13)12-6-7-23-9-12/h1-7,9H,8,10H2,(H,17,19). The number of anilines is 1. The average Bonchev–Trinajstić information content (AvgIpc) is 3.40. The lowest BCUT2D eigenvalue weighted by molar-refractivity contribution is 0.391. The fraction of sp³-hybridized carbons (Fsp3) is 0.125. The minimum atomic E-state index is 0.574. The molecule has 126 valence electrons. The molecular formula is C16H13N5OS3. The number of nitrogens with one attached hydrogen (secondary N) is 1. The highest BCUT2D eigenvalue weighted by Crippen LogP contribution is 2.29. The molecule has 3 aromatic heterocycles. The van der Waals surface area contributed by atoms with Crippen LogP contribution in [0.3, 0.4) is 0 Å².